The number of nitrogens with one attached hydrogen (secondary N) is 3. The van der Waals surface area contributed by atoms with Gasteiger partial charge in [-0.15, -0.1) is 0 Å². The lowest BCUT2D eigenvalue weighted by Crippen LogP contribution is -2.37. The van der Waals surface area contributed by atoms with Gasteiger partial charge in [0.05, 0.1) is 12.5 Å². The Labute approximate surface area is 157 Å². The van der Waals surface area contributed by atoms with E-state index in [2.05, 4.69) is 16.0 Å². The van der Waals surface area contributed by atoms with E-state index in [1.54, 1.807) is 7.11 Å². The van der Waals surface area contributed by atoms with Crippen molar-refractivity contribution in [2.75, 3.05) is 13.7 Å². The van der Waals surface area contributed by atoms with Crippen molar-refractivity contribution >= 4 is 17.8 Å². The van der Waals surface area contributed by atoms with Crippen molar-refractivity contribution in [1.82, 2.24) is 16.0 Å². The summed E-state index contributed by atoms with van der Waals surface area (Å²) in [6.07, 6.45) is -0.424. The molecule has 0 aromatic heterocycles. The minimum atomic E-state index is -0.830. The maximum Gasteiger partial charge on any atom is 0.322 e. The molecule has 7 heteroatoms. The average Bonchev–Trinajstić information content (AvgIpc) is 3.00. The summed E-state index contributed by atoms with van der Waals surface area (Å²) in [6, 6.07) is 16.6. The second kappa shape index (κ2) is 8.46. The molecule has 1 heterocycles. The minimum Gasteiger partial charge on any atom is -0.375 e. The fourth-order valence-corrected chi connectivity index (χ4v) is 2.92. The van der Waals surface area contributed by atoms with E-state index in [1.165, 1.54) is 0 Å². The van der Waals surface area contributed by atoms with Crippen LogP contribution in [0.15, 0.2) is 54.6 Å². The topological polar surface area (TPSA) is 96.5 Å². The smallest absolute Gasteiger partial charge is 0.322 e. The van der Waals surface area contributed by atoms with Gasteiger partial charge in [-0.1, -0.05) is 54.6 Å². The first-order chi connectivity index (χ1) is 13.1. The summed E-state index contributed by atoms with van der Waals surface area (Å²) in [5.41, 5.74) is 3.16. The molecule has 0 radical (unpaired) electrons. The Kier molecular flexibility index (Phi) is 5.83. The lowest BCUT2D eigenvalue weighted by molar-refractivity contribution is -0.126. The van der Waals surface area contributed by atoms with Crippen LogP contribution in [-0.2, 0) is 14.3 Å². The van der Waals surface area contributed by atoms with Crippen LogP contribution >= 0.6 is 0 Å². The zero-order valence-corrected chi connectivity index (χ0v) is 14.9. The SMILES string of the molecule is COC(CNC(=O)CC1NC(=O)NC1=O)c1ccc(-c2ccccc2)cc1. The molecule has 4 amide bonds. The molecular formula is C20H21N3O4. The van der Waals surface area contributed by atoms with E-state index in [0.717, 1.165) is 16.7 Å². The number of methoxy groups -OCH3 is 1. The second-order valence-corrected chi connectivity index (χ2v) is 6.24. The number of benzene rings is 2. The van der Waals surface area contributed by atoms with Crippen LogP contribution in [0.1, 0.15) is 18.1 Å². The summed E-state index contributed by atoms with van der Waals surface area (Å²) in [5, 5.41) is 7.24. The molecule has 2 atom stereocenters. The Morgan fingerprint density at radius 3 is 2.33 bits per heavy atom. The van der Waals surface area contributed by atoms with Gasteiger partial charge in [-0.25, -0.2) is 4.79 Å². The van der Waals surface area contributed by atoms with Gasteiger partial charge in [0.2, 0.25) is 5.91 Å². The first-order valence-electron chi connectivity index (χ1n) is 8.63. The number of rotatable bonds is 7. The zero-order chi connectivity index (χ0) is 19.2. The van der Waals surface area contributed by atoms with Crippen molar-refractivity contribution in [2.24, 2.45) is 0 Å². The molecule has 0 spiro atoms. The zero-order valence-electron chi connectivity index (χ0n) is 14.9. The molecule has 2 aromatic carbocycles. The number of urea groups is 1. The molecule has 3 N–H and O–H groups in total. The van der Waals surface area contributed by atoms with Crippen molar-refractivity contribution in [3.63, 3.8) is 0 Å². The molecule has 2 aromatic rings. The summed E-state index contributed by atoms with van der Waals surface area (Å²) in [7, 11) is 1.58. The lowest BCUT2D eigenvalue weighted by Gasteiger charge is -2.17. The number of carbonyl (C=O) groups excluding carboxylic acids is 3. The van der Waals surface area contributed by atoms with Gasteiger partial charge in [-0.2, -0.15) is 0 Å². The summed E-state index contributed by atoms with van der Waals surface area (Å²) < 4.78 is 5.48. The first-order valence-corrected chi connectivity index (χ1v) is 8.63. The lowest BCUT2D eigenvalue weighted by atomic mass is 10.0. The molecule has 2 unspecified atom stereocenters. The van der Waals surface area contributed by atoms with Crippen LogP contribution in [0.5, 0.6) is 0 Å². The highest BCUT2D eigenvalue weighted by molar-refractivity contribution is 6.05. The maximum atomic E-state index is 12.0. The normalized spacial score (nSPS) is 17.1. The Hall–Kier alpha value is -3.19. The molecule has 140 valence electrons. The third-order valence-corrected chi connectivity index (χ3v) is 4.41. The largest absolute Gasteiger partial charge is 0.375 e. The van der Waals surface area contributed by atoms with Gasteiger partial charge in [-0.3, -0.25) is 14.9 Å². The Balaban J connectivity index is 1.56. The van der Waals surface area contributed by atoms with E-state index in [0.29, 0.717) is 0 Å². The van der Waals surface area contributed by atoms with Crippen molar-refractivity contribution < 1.29 is 19.1 Å². The van der Waals surface area contributed by atoms with Crippen molar-refractivity contribution in [3.05, 3.63) is 60.2 Å². The van der Waals surface area contributed by atoms with Gasteiger partial charge in [0.25, 0.3) is 5.91 Å². The van der Waals surface area contributed by atoms with Crippen LogP contribution < -0.4 is 16.0 Å². The monoisotopic (exact) mass is 367 g/mol. The van der Waals surface area contributed by atoms with Crippen LogP contribution in [0.4, 0.5) is 4.79 Å². The Bertz CT molecular complexity index is 821. The van der Waals surface area contributed by atoms with Crippen LogP contribution in [0.25, 0.3) is 11.1 Å². The molecule has 0 saturated carbocycles. The molecule has 0 bridgehead atoms. The number of amides is 4. The highest BCUT2D eigenvalue weighted by Gasteiger charge is 2.31. The standard InChI is InChI=1S/C20H21N3O4/c1-27-17(12-21-18(24)11-16-19(25)23-20(26)22-16)15-9-7-14(8-10-15)13-5-3-2-4-6-13/h2-10,16-17H,11-12H2,1H3,(H,21,24)(H2,22,23,25,26). The molecule has 1 saturated heterocycles. The van der Waals surface area contributed by atoms with Crippen molar-refractivity contribution in [3.8, 4) is 11.1 Å². The fraction of sp³-hybridized carbons (Fsp3) is 0.250. The summed E-state index contributed by atoms with van der Waals surface area (Å²) in [6.45, 7) is 0.266. The van der Waals surface area contributed by atoms with Crippen molar-refractivity contribution in [2.45, 2.75) is 18.6 Å². The molecule has 1 fully saturated rings. The van der Waals surface area contributed by atoms with Crippen LogP contribution in [0, 0.1) is 0 Å². The van der Waals surface area contributed by atoms with E-state index in [-0.39, 0.29) is 25.0 Å². The molecule has 27 heavy (non-hydrogen) atoms. The van der Waals surface area contributed by atoms with Gasteiger partial charge in [0.1, 0.15) is 6.04 Å². The Morgan fingerprint density at radius 1 is 1.07 bits per heavy atom. The highest BCUT2D eigenvalue weighted by atomic mass is 16.5. The number of carbonyl (C=O) groups is 3. The second-order valence-electron chi connectivity index (χ2n) is 6.24. The molecule has 1 aliphatic rings. The van der Waals surface area contributed by atoms with Crippen LogP contribution in [0.2, 0.25) is 0 Å². The average molecular weight is 367 g/mol. The van der Waals surface area contributed by atoms with Crippen molar-refractivity contribution in [1.29, 1.82) is 0 Å². The molecule has 7 nitrogen and oxygen atoms in total. The van der Waals surface area contributed by atoms with Gasteiger partial charge in [0, 0.05) is 13.7 Å². The Morgan fingerprint density at radius 2 is 1.74 bits per heavy atom. The van der Waals surface area contributed by atoms with Gasteiger partial charge in [-0.05, 0) is 16.7 Å². The molecular weight excluding hydrogens is 346 g/mol. The minimum absolute atomic E-state index is 0.110. The van der Waals surface area contributed by atoms with E-state index in [4.69, 9.17) is 4.74 Å². The number of imide groups is 1. The summed E-state index contributed by atoms with van der Waals surface area (Å²) in [4.78, 5) is 34.6. The number of ether oxygens (including phenoxy) is 1. The van der Waals surface area contributed by atoms with Gasteiger partial charge < -0.3 is 15.4 Å². The van der Waals surface area contributed by atoms with E-state index in [9.17, 15) is 14.4 Å². The predicted molar refractivity (Wildman–Crippen MR) is 99.7 cm³/mol. The van der Waals surface area contributed by atoms with E-state index in [1.807, 2.05) is 54.6 Å². The molecule has 3 rings (SSSR count). The quantitative estimate of drug-likeness (QED) is 0.650. The predicted octanol–water partition coefficient (Wildman–Crippen LogP) is 1.76. The van der Waals surface area contributed by atoms with Gasteiger partial charge >= 0.3 is 6.03 Å². The summed E-state index contributed by atoms with van der Waals surface area (Å²) in [5.74, 6) is -0.824. The number of hydrogen-bond donors (Lipinski definition) is 3. The maximum absolute atomic E-state index is 12.0. The van der Waals surface area contributed by atoms with E-state index >= 15 is 0 Å². The summed E-state index contributed by atoms with van der Waals surface area (Å²) >= 11 is 0. The van der Waals surface area contributed by atoms with E-state index < -0.39 is 18.0 Å². The fourth-order valence-electron chi connectivity index (χ4n) is 2.92. The van der Waals surface area contributed by atoms with Crippen LogP contribution in [0.3, 0.4) is 0 Å². The highest BCUT2D eigenvalue weighted by Crippen LogP contribution is 2.23. The van der Waals surface area contributed by atoms with Gasteiger partial charge in [0.15, 0.2) is 0 Å². The first kappa shape index (κ1) is 18.6. The third kappa shape index (κ3) is 4.71. The number of hydrogen-bond acceptors (Lipinski definition) is 4. The third-order valence-electron chi connectivity index (χ3n) is 4.41. The van der Waals surface area contributed by atoms with Crippen LogP contribution in [-0.4, -0.2) is 37.5 Å². The molecule has 1 aliphatic heterocycles. The molecule has 0 aliphatic carbocycles.